The summed E-state index contributed by atoms with van der Waals surface area (Å²) in [4.78, 5) is -0.185. The van der Waals surface area contributed by atoms with Crippen LogP contribution in [0.25, 0.3) is 10.8 Å². The summed E-state index contributed by atoms with van der Waals surface area (Å²) in [7, 11) is -4.15. The molecule has 0 aliphatic carbocycles. The third-order valence-corrected chi connectivity index (χ3v) is 3.89. The molecular formula is C12H10F3NO2S. The van der Waals surface area contributed by atoms with E-state index in [1.54, 1.807) is 30.3 Å². The molecular weight excluding hydrogens is 279 g/mol. The molecule has 0 aliphatic rings. The topological polar surface area (TPSA) is 46.2 Å². The number of nitrogens with one attached hydrogen (secondary N) is 1. The van der Waals surface area contributed by atoms with Crippen molar-refractivity contribution in [2.24, 2.45) is 0 Å². The molecule has 0 amide bonds. The number of hydrogen-bond donors (Lipinski definition) is 1. The summed E-state index contributed by atoms with van der Waals surface area (Å²) < 4.78 is 61.0. The SMILES string of the molecule is O=S(=O)(NCC(F)(F)F)c1ccc2ccccc2c1. The molecule has 0 saturated carbocycles. The summed E-state index contributed by atoms with van der Waals surface area (Å²) >= 11 is 0. The Balaban J connectivity index is 2.32. The molecule has 0 spiro atoms. The van der Waals surface area contributed by atoms with Gasteiger partial charge in [0.25, 0.3) is 0 Å². The van der Waals surface area contributed by atoms with E-state index in [1.807, 2.05) is 0 Å². The molecule has 0 aromatic heterocycles. The van der Waals surface area contributed by atoms with Crippen molar-refractivity contribution in [2.45, 2.75) is 11.1 Å². The van der Waals surface area contributed by atoms with Gasteiger partial charge in [0.2, 0.25) is 10.0 Å². The van der Waals surface area contributed by atoms with E-state index < -0.39 is 22.7 Å². The first kappa shape index (κ1) is 13.8. The van der Waals surface area contributed by atoms with Gasteiger partial charge in [-0.05, 0) is 22.9 Å². The monoisotopic (exact) mass is 289 g/mol. The van der Waals surface area contributed by atoms with E-state index in [0.717, 1.165) is 5.39 Å². The standard InChI is InChI=1S/C12H10F3NO2S/c13-12(14,15)8-16-19(17,18)11-6-5-9-3-1-2-4-10(9)7-11/h1-7,16H,8H2. The van der Waals surface area contributed by atoms with Crippen molar-refractivity contribution in [3.63, 3.8) is 0 Å². The second kappa shape index (κ2) is 4.82. The molecule has 2 rings (SSSR count). The smallest absolute Gasteiger partial charge is 0.207 e. The number of fused-ring (bicyclic) bond motifs is 1. The first-order valence-corrected chi connectivity index (χ1v) is 6.81. The van der Waals surface area contributed by atoms with Crippen LogP contribution >= 0.6 is 0 Å². The third kappa shape index (κ3) is 3.45. The summed E-state index contributed by atoms with van der Waals surface area (Å²) in [5, 5.41) is 1.47. The minimum absolute atomic E-state index is 0.185. The largest absolute Gasteiger partial charge is 0.402 e. The summed E-state index contributed by atoms with van der Waals surface area (Å²) in [6.07, 6.45) is -4.58. The molecule has 19 heavy (non-hydrogen) atoms. The van der Waals surface area contributed by atoms with Gasteiger partial charge in [-0.1, -0.05) is 30.3 Å². The molecule has 2 aromatic rings. The van der Waals surface area contributed by atoms with E-state index in [4.69, 9.17) is 0 Å². The molecule has 0 saturated heterocycles. The predicted octanol–water partition coefficient (Wildman–Crippen LogP) is 2.68. The maximum Gasteiger partial charge on any atom is 0.402 e. The molecule has 1 N–H and O–H groups in total. The van der Waals surface area contributed by atoms with Gasteiger partial charge >= 0.3 is 6.18 Å². The van der Waals surface area contributed by atoms with Gasteiger partial charge in [0.15, 0.2) is 0 Å². The van der Waals surface area contributed by atoms with Crippen LogP contribution in [0.3, 0.4) is 0 Å². The molecule has 0 heterocycles. The normalized spacial score (nSPS) is 12.8. The van der Waals surface area contributed by atoms with Gasteiger partial charge in [0, 0.05) is 0 Å². The zero-order chi connectivity index (χ0) is 14.1. The average Bonchev–Trinajstić information content (AvgIpc) is 2.35. The minimum Gasteiger partial charge on any atom is -0.207 e. The first-order valence-electron chi connectivity index (χ1n) is 5.33. The molecule has 0 aliphatic heterocycles. The van der Waals surface area contributed by atoms with Gasteiger partial charge in [0.05, 0.1) is 4.90 Å². The van der Waals surface area contributed by atoms with Crippen molar-refractivity contribution in [1.82, 2.24) is 4.72 Å². The van der Waals surface area contributed by atoms with Gasteiger partial charge in [0.1, 0.15) is 6.54 Å². The van der Waals surface area contributed by atoms with Gasteiger partial charge in [-0.3, -0.25) is 0 Å². The Morgan fingerprint density at radius 3 is 2.26 bits per heavy atom. The summed E-state index contributed by atoms with van der Waals surface area (Å²) in [6.45, 7) is -1.58. The van der Waals surface area contributed by atoms with Gasteiger partial charge in [-0.15, -0.1) is 0 Å². The van der Waals surface area contributed by atoms with E-state index >= 15 is 0 Å². The highest BCUT2D eigenvalue weighted by molar-refractivity contribution is 7.89. The van der Waals surface area contributed by atoms with Crippen LogP contribution in [0.2, 0.25) is 0 Å². The number of halogens is 3. The lowest BCUT2D eigenvalue weighted by Crippen LogP contribution is -2.33. The van der Waals surface area contributed by atoms with Crippen molar-refractivity contribution in [1.29, 1.82) is 0 Å². The van der Waals surface area contributed by atoms with Crippen LogP contribution in [-0.4, -0.2) is 21.1 Å². The van der Waals surface area contributed by atoms with E-state index in [0.29, 0.717) is 5.39 Å². The Hall–Kier alpha value is -1.60. The zero-order valence-corrected chi connectivity index (χ0v) is 10.4. The van der Waals surface area contributed by atoms with E-state index in [-0.39, 0.29) is 4.90 Å². The van der Waals surface area contributed by atoms with Crippen molar-refractivity contribution in [3.05, 3.63) is 42.5 Å². The molecule has 0 radical (unpaired) electrons. The number of alkyl halides is 3. The average molecular weight is 289 g/mol. The van der Waals surface area contributed by atoms with Crippen molar-refractivity contribution < 1.29 is 21.6 Å². The molecule has 3 nitrogen and oxygen atoms in total. The van der Waals surface area contributed by atoms with Crippen LogP contribution < -0.4 is 4.72 Å². The van der Waals surface area contributed by atoms with Crippen LogP contribution in [-0.2, 0) is 10.0 Å². The Labute approximate surface area is 108 Å². The number of hydrogen-bond acceptors (Lipinski definition) is 2. The molecule has 7 heteroatoms. The van der Waals surface area contributed by atoms with Crippen LogP contribution in [0.4, 0.5) is 13.2 Å². The lowest BCUT2D eigenvalue weighted by molar-refractivity contribution is -0.121. The van der Waals surface area contributed by atoms with E-state index in [9.17, 15) is 21.6 Å². The zero-order valence-electron chi connectivity index (χ0n) is 9.61. The van der Waals surface area contributed by atoms with Crippen LogP contribution in [0.15, 0.2) is 47.4 Å². The molecule has 102 valence electrons. The number of rotatable bonds is 3. The van der Waals surface area contributed by atoms with Crippen LogP contribution in [0.1, 0.15) is 0 Å². The maximum absolute atomic E-state index is 12.0. The van der Waals surface area contributed by atoms with Gasteiger partial charge < -0.3 is 0 Å². The highest BCUT2D eigenvalue weighted by Gasteiger charge is 2.30. The Morgan fingerprint density at radius 1 is 1.00 bits per heavy atom. The van der Waals surface area contributed by atoms with Crippen molar-refractivity contribution in [3.8, 4) is 0 Å². The number of sulfonamides is 1. The fourth-order valence-electron chi connectivity index (χ4n) is 1.59. The number of benzene rings is 2. The second-order valence-corrected chi connectivity index (χ2v) is 5.72. The predicted molar refractivity (Wildman–Crippen MR) is 65.2 cm³/mol. The van der Waals surface area contributed by atoms with Crippen LogP contribution in [0, 0.1) is 0 Å². The maximum atomic E-state index is 12.0. The summed E-state index contributed by atoms with van der Waals surface area (Å²) in [5.41, 5.74) is 0. The highest BCUT2D eigenvalue weighted by atomic mass is 32.2. The fourth-order valence-corrected chi connectivity index (χ4v) is 2.64. The summed E-state index contributed by atoms with van der Waals surface area (Å²) in [5.74, 6) is 0. The molecule has 0 fully saturated rings. The Kier molecular flexibility index (Phi) is 3.51. The first-order chi connectivity index (χ1) is 8.78. The minimum atomic E-state index is -4.58. The Bertz CT molecular complexity index is 695. The summed E-state index contributed by atoms with van der Waals surface area (Å²) in [6, 6.07) is 11.2. The highest BCUT2D eigenvalue weighted by Crippen LogP contribution is 2.20. The van der Waals surface area contributed by atoms with Crippen LogP contribution in [0.5, 0.6) is 0 Å². The lowest BCUT2D eigenvalue weighted by atomic mass is 10.1. The lowest BCUT2D eigenvalue weighted by Gasteiger charge is -2.09. The van der Waals surface area contributed by atoms with E-state index in [1.165, 1.54) is 16.9 Å². The van der Waals surface area contributed by atoms with Gasteiger partial charge in [-0.2, -0.15) is 13.2 Å². The van der Waals surface area contributed by atoms with Gasteiger partial charge in [-0.25, -0.2) is 13.1 Å². The van der Waals surface area contributed by atoms with Crippen molar-refractivity contribution >= 4 is 20.8 Å². The van der Waals surface area contributed by atoms with Crippen molar-refractivity contribution in [2.75, 3.05) is 6.54 Å². The molecule has 2 aromatic carbocycles. The Morgan fingerprint density at radius 2 is 1.63 bits per heavy atom. The third-order valence-electron chi connectivity index (χ3n) is 2.49. The quantitative estimate of drug-likeness (QED) is 0.944. The molecule has 0 bridgehead atoms. The van der Waals surface area contributed by atoms with E-state index in [2.05, 4.69) is 0 Å². The fraction of sp³-hybridized carbons (Fsp3) is 0.167. The molecule has 0 atom stereocenters. The second-order valence-electron chi connectivity index (χ2n) is 3.95. The molecule has 0 unspecified atom stereocenters.